The van der Waals surface area contributed by atoms with Gasteiger partial charge in [0.05, 0.1) is 20.1 Å². The molecule has 1 aromatic rings. The first-order valence-corrected chi connectivity index (χ1v) is 3.93. The molecule has 0 heterocycles. The number of hydrogen-bond donors (Lipinski definition) is 0. The van der Waals surface area contributed by atoms with E-state index in [4.69, 9.17) is 46.4 Å². The molecule has 0 aliphatic heterocycles. The van der Waals surface area contributed by atoms with Crippen molar-refractivity contribution in [1.29, 1.82) is 0 Å². The first kappa shape index (κ1) is 11.3. The molecule has 0 aliphatic rings. The summed E-state index contributed by atoms with van der Waals surface area (Å²) in [6, 6.07) is 3.19. The van der Waals surface area contributed by atoms with Crippen LogP contribution in [0.2, 0.25) is 20.1 Å². The summed E-state index contributed by atoms with van der Waals surface area (Å²) in [5.74, 6) is 0. The topological polar surface area (TPSA) is 0 Å². The molecule has 0 aromatic heterocycles. The van der Waals surface area contributed by atoms with Crippen molar-refractivity contribution in [2.45, 2.75) is 0 Å². The molecule has 1 aromatic carbocycles. The molecule has 0 unspecified atom stereocenters. The van der Waals surface area contributed by atoms with Crippen LogP contribution in [0.15, 0.2) is 12.1 Å². The van der Waals surface area contributed by atoms with Crippen molar-refractivity contribution in [3.05, 3.63) is 32.2 Å². The van der Waals surface area contributed by atoms with E-state index in [1.807, 2.05) is 0 Å². The number of hydrogen-bond acceptors (Lipinski definition) is 0. The maximum Gasteiger partial charge on any atom is 0.0793 e. The highest BCUT2D eigenvalue weighted by atomic mass is 35.5. The SMILES string of the molecule is Clc1ccc(Cl)c(Cl)c1Cl.F. The fourth-order valence-corrected chi connectivity index (χ4v) is 1.24. The summed E-state index contributed by atoms with van der Waals surface area (Å²) in [6.07, 6.45) is 0. The molecule has 5 heteroatoms. The van der Waals surface area contributed by atoms with Crippen LogP contribution in [0.3, 0.4) is 0 Å². The van der Waals surface area contributed by atoms with E-state index >= 15 is 0 Å². The van der Waals surface area contributed by atoms with Gasteiger partial charge in [-0.05, 0) is 12.1 Å². The molecule has 0 bridgehead atoms. The first-order valence-electron chi connectivity index (χ1n) is 2.42. The smallest absolute Gasteiger partial charge is 0.0793 e. The van der Waals surface area contributed by atoms with Crippen LogP contribution < -0.4 is 0 Å². The largest absolute Gasteiger partial charge is 0.269 e. The van der Waals surface area contributed by atoms with Crippen LogP contribution in [0.4, 0.5) is 4.70 Å². The van der Waals surface area contributed by atoms with Crippen molar-refractivity contribution in [3.8, 4) is 0 Å². The molecule has 0 radical (unpaired) electrons. The Kier molecular flexibility index (Phi) is 4.49. The average molecular weight is 236 g/mol. The monoisotopic (exact) mass is 234 g/mol. The Morgan fingerprint density at radius 2 is 1.00 bits per heavy atom. The van der Waals surface area contributed by atoms with E-state index in [-0.39, 0.29) is 4.70 Å². The van der Waals surface area contributed by atoms with Gasteiger partial charge in [0.25, 0.3) is 0 Å². The first-order chi connectivity index (χ1) is 4.63. The summed E-state index contributed by atoms with van der Waals surface area (Å²) >= 11 is 22.5. The Labute approximate surface area is 83.4 Å². The molecule has 1 rings (SSSR count). The zero-order valence-electron chi connectivity index (χ0n) is 5.07. The van der Waals surface area contributed by atoms with Gasteiger partial charge >= 0.3 is 0 Å². The Bertz CT molecular complexity index is 234. The third-order valence-electron chi connectivity index (χ3n) is 0.988. The van der Waals surface area contributed by atoms with Crippen LogP contribution in [0, 0.1) is 0 Å². The summed E-state index contributed by atoms with van der Waals surface area (Å²) in [5.41, 5.74) is 0. The summed E-state index contributed by atoms with van der Waals surface area (Å²) in [7, 11) is 0. The van der Waals surface area contributed by atoms with E-state index in [1.54, 1.807) is 12.1 Å². The highest BCUT2D eigenvalue weighted by molar-refractivity contribution is 6.51. The van der Waals surface area contributed by atoms with Gasteiger partial charge in [0, 0.05) is 0 Å². The van der Waals surface area contributed by atoms with Crippen LogP contribution in [0.25, 0.3) is 0 Å². The molecule has 0 spiro atoms. The predicted octanol–water partition coefficient (Wildman–Crippen LogP) is 4.45. The number of rotatable bonds is 0. The van der Waals surface area contributed by atoms with Gasteiger partial charge in [0.2, 0.25) is 0 Å². The Balaban J connectivity index is 0.000001000. The molecule has 0 aliphatic carbocycles. The highest BCUT2D eigenvalue weighted by Crippen LogP contribution is 2.34. The van der Waals surface area contributed by atoms with Gasteiger partial charge in [-0.25, -0.2) is 0 Å². The molecule has 0 fully saturated rings. The normalized spacial score (nSPS) is 9.09. The van der Waals surface area contributed by atoms with Gasteiger partial charge in [-0.2, -0.15) is 0 Å². The van der Waals surface area contributed by atoms with Crippen molar-refractivity contribution in [3.63, 3.8) is 0 Å². The van der Waals surface area contributed by atoms with Gasteiger partial charge in [-0.3, -0.25) is 4.70 Å². The van der Waals surface area contributed by atoms with Crippen LogP contribution in [-0.4, -0.2) is 0 Å². The Hall–Kier alpha value is 0.310. The second-order valence-corrected chi connectivity index (χ2v) is 3.23. The van der Waals surface area contributed by atoms with Crippen molar-refractivity contribution in [2.24, 2.45) is 0 Å². The van der Waals surface area contributed by atoms with Gasteiger partial charge in [-0.1, -0.05) is 46.4 Å². The van der Waals surface area contributed by atoms with Crippen LogP contribution >= 0.6 is 46.4 Å². The van der Waals surface area contributed by atoms with E-state index in [0.717, 1.165) is 0 Å². The summed E-state index contributed by atoms with van der Waals surface area (Å²) < 4.78 is 0. The van der Waals surface area contributed by atoms with Crippen LogP contribution in [-0.2, 0) is 0 Å². The standard InChI is InChI=1S/C6H2Cl4.FH/c7-3-1-2-4(8)6(10)5(3)9;/h1-2H;1H. The van der Waals surface area contributed by atoms with Crippen molar-refractivity contribution < 1.29 is 4.70 Å². The molecule has 62 valence electrons. The third-order valence-corrected chi connectivity index (χ3v) is 2.69. The lowest BCUT2D eigenvalue weighted by Gasteiger charge is -1.98. The predicted molar refractivity (Wildman–Crippen MR) is 49.0 cm³/mol. The second kappa shape index (κ2) is 4.36. The maximum absolute atomic E-state index is 5.63. The van der Waals surface area contributed by atoms with Crippen LogP contribution in [0.1, 0.15) is 0 Å². The summed E-state index contributed by atoms with van der Waals surface area (Å²) in [6.45, 7) is 0. The summed E-state index contributed by atoms with van der Waals surface area (Å²) in [5, 5.41) is 1.43. The average Bonchev–Trinajstić information content (AvgIpc) is 1.93. The van der Waals surface area contributed by atoms with Gasteiger partial charge < -0.3 is 0 Å². The molecule has 0 nitrogen and oxygen atoms in total. The minimum absolute atomic E-state index is 0. The molecule has 0 amide bonds. The maximum atomic E-state index is 5.63. The van der Waals surface area contributed by atoms with Crippen molar-refractivity contribution >= 4 is 46.4 Å². The van der Waals surface area contributed by atoms with E-state index < -0.39 is 0 Å². The van der Waals surface area contributed by atoms with Gasteiger partial charge in [0.15, 0.2) is 0 Å². The molecule has 0 N–H and O–H groups in total. The lowest BCUT2D eigenvalue weighted by molar-refractivity contribution is 1.11. The van der Waals surface area contributed by atoms with E-state index in [2.05, 4.69) is 0 Å². The van der Waals surface area contributed by atoms with Gasteiger partial charge in [-0.15, -0.1) is 0 Å². The van der Waals surface area contributed by atoms with Crippen LogP contribution in [0.5, 0.6) is 0 Å². The molecular weight excluding hydrogens is 233 g/mol. The zero-order chi connectivity index (χ0) is 7.72. The lowest BCUT2D eigenvalue weighted by Crippen LogP contribution is -1.71. The minimum Gasteiger partial charge on any atom is -0.269 e. The second-order valence-electron chi connectivity index (χ2n) is 1.66. The molecule has 0 atom stereocenters. The van der Waals surface area contributed by atoms with Gasteiger partial charge in [0.1, 0.15) is 0 Å². The zero-order valence-corrected chi connectivity index (χ0v) is 8.10. The lowest BCUT2D eigenvalue weighted by atomic mass is 10.4. The molecule has 11 heavy (non-hydrogen) atoms. The fourth-order valence-electron chi connectivity index (χ4n) is 0.502. The molecule has 0 saturated heterocycles. The molecule has 0 saturated carbocycles. The van der Waals surface area contributed by atoms with E-state index in [0.29, 0.717) is 20.1 Å². The van der Waals surface area contributed by atoms with E-state index in [9.17, 15) is 0 Å². The summed E-state index contributed by atoms with van der Waals surface area (Å²) in [4.78, 5) is 0. The minimum atomic E-state index is 0. The van der Waals surface area contributed by atoms with Crippen molar-refractivity contribution in [2.75, 3.05) is 0 Å². The Morgan fingerprint density at radius 1 is 0.727 bits per heavy atom. The fraction of sp³-hybridized carbons (Fsp3) is 0. The number of halogens is 5. The van der Waals surface area contributed by atoms with E-state index in [1.165, 1.54) is 0 Å². The number of benzene rings is 1. The Morgan fingerprint density at radius 3 is 1.27 bits per heavy atom. The molecular formula is C6H3Cl4F. The quantitative estimate of drug-likeness (QED) is 0.460. The third kappa shape index (κ3) is 2.38. The highest BCUT2D eigenvalue weighted by Gasteiger charge is 2.05. The van der Waals surface area contributed by atoms with Crippen molar-refractivity contribution in [1.82, 2.24) is 0 Å².